The smallest absolute Gasteiger partial charge is 0.0880 e. The predicted octanol–water partition coefficient (Wildman–Crippen LogP) is 2.50. The van der Waals surface area contributed by atoms with Crippen LogP contribution in [0.2, 0.25) is 0 Å². The van der Waals surface area contributed by atoms with E-state index in [9.17, 15) is 5.11 Å². The monoisotopic (exact) mass is 198 g/mol. The zero-order valence-corrected chi connectivity index (χ0v) is 9.38. The van der Waals surface area contributed by atoms with E-state index in [0.717, 1.165) is 12.8 Å². The van der Waals surface area contributed by atoms with Crippen LogP contribution in [0, 0.1) is 5.41 Å². The van der Waals surface area contributed by atoms with Crippen molar-refractivity contribution in [3.8, 4) is 0 Å². The highest BCUT2D eigenvalue weighted by molar-refractivity contribution is 5.00. The van der Waals surface area contributed by atoms with Gasteiger partial charge in [-0.15, -0.1) is 0 Å². The van der Waals surface area contributed by atoms with E-state index in [2.05, 4.69) is 0 Å². The van der Waals surface area contributed by atoms with Crippen LogP contribution in [-0.4, -0.2) is 23.4 Å². The number of ether oxygens (including phenoxy) is 1. The molecule has 0 saturated heterocycles. The van der Waals surface area contributed by atoms with Gasteiger partial charge in [-0.3, -0.25) is 0 Å². The summed E-state index contributed by atoms with van der Waals surface area (Å²) >= 11 is 0. The Kier molecular flexibility index (Phi) is 2.61. The van der Waals surface area contributed by atoms with Crippen molar-refractivity contribution in [2.45, 2.75) is 64.1 Å². The lowest BCUT2D eigenvalue weighted by Gasteiger charge is -2.36. The van der Waals surface area contributed by atoms with Gasteiger partial charge in [0, 0.05) is 0 Å². The van der Waals surface area contributed by atoms with Gasteiger partial charge in [-0.2, -0.15) is 0 Å². The van der Waals surface area contributed by atoms with Gasteiger partial charge < -0.3 is 9.84 Å². The Morgan fingerprint density at radius 1 is 1.07 bits per heavy atom. The molecule has 2 nitrogen and oxygen atoms in total. The fourth-order valence-electron chi connectivity index (χ4n) is 2.39. The Balaban J connectivity index is 1.79. The van der Waals surface area contributed by atoms with E-state index in [1.165, 1.54) is 25.7 Å². The number of rotatable bonds is 3. The standard InChI is InChI=1S/C12H22O2/c1-10(2)14-9-12(13)7-5-11(3-4-11)6-8-12/h10,13H,3-9H2,1-2H3. The summed E-state index contributed by atoms with van der Waals surface area (Å²) in [5.41, 5.74) is 0.141. The van der Waals surface area contributed by atoms with Crippen LogP contribution in [0.25, 0.3) is 0 Å². The van der Waals surface area contributed by atoms with Gasteiger partial charge in [0.25, 0.3) is 0 Å². The molecule has 2 rings (SSSR count). The minimum Gasteiger partial charge on any atom is -0.387 e. The van der Waals surface area contributed by atoms with E-state index in [1.54, 1.807) is 0 Å². The molecule has 2 aliphatic rings. The Hall–Kier alpha value is -0.0800. The third kappa shape index (κ3) is 2.29. The third-order valence-electron chi connectivity index (χ3n) is 3.88. The summed E-state index contributed by atoms with van der Waals surface area (Å²) in [4.78, 5) is 0. The molecule has 2 saturated carbocycles. The Bertz CT molecular complexity index is 191. The van der Waals surface area contributed by atoms with Gasteiger partial charge in [0.15, 0.2) is 0 Å². The number of hydrogen-bond donors (Lipinski definition) is 1. The van der Waals surface area contributed by atoms with Gasteiger partial charge in [-0.1, -0.05) is 0 Å². The summed E-state index contributed by atoms with van der Waals surface area (Å²) in [6.07, 6.45) is 7.34. The zero-order valence-electron chi connectivity index (χ0n) is 9.38. The van der Waals surface area contributed by atoms with Gasteiger partial charge in [0.05, 0.1) is 18.3 Å². The molecule has 0 aromatic carbocycles. The van der Waals surface area contributed by atoms with E-state index >= 15 is 0 Å². The second-order valence-corrected chi connectivity index (χ2v) is 5.58. The molecule has 0 heterocycles. The lowest BCUT2D eigenvalue weighted by molar-refractivity contribution is -0.0920. The predicted molar refractivity (Wildman–Crippen MR) is 56.2 cm³/mol. The molecule has 82 valence electrons. The quantitative estimate of drug-likeness (QED) is 0.755. The van der Waals surface area contributed by atoms with Crippen molar-refractivity contribution in [3.63, 3.8) is 0 Å². The highest BCUT2D eigenvalue weighted by Crippen LogP contribution is 2.57. The first-order chi connectivity index (χ1) is 6.54. The first-order valence-electron chi connectivity index (χ1n) is 5.88. The van der Waals surface area contributed by atoms with Crippen LogP contribution in [0.5, 0.6) is 0 Å². The van der Waals surface area contributed by atoms with Crippen molar-refractivity contribution in [2.75, 3.05) is 6.61 Å². The largest absolute Gasteiger partial charge is 0.387 e. The second kappa shape index (κ2) is 3.49. The zero-order chi connectivity index (χ0) is 10.2. The third-order valence-corrected chi connectivity index (χ3v) is 3.88. The molecule has 1 spiro atoms. The van der Waals surface area contributed by atoms with Crippen molar-refractivity contribution in [1.82, 2.24) is 0 Å². The maximum Gasteiger partial charge on any atom is 0.0880 e. The first-order valence-corrected chi connectivity index (χ1v) is 5.88. The average molecular weight is 198 g/mol. The summed E-state index contributed by atoms with van der Waals surface area (Å²) in [6, 6.07) is 0. The molecule has 0 aromatic heterocycles. The van der Waals surface area contributed by atoms with Crippen LogP contribution in [0.3, 0.4) is 0 Å². The maximum atomic E-state index is 10.3. The van der Waals surface area contributed by atoms with Gasteiger partial charge in [0.1, 0.15) is 0 Å². The van der Waals surface area contributed by atoms with Crippen LogP contribution < -0.4 is 0 Å². The topological polar surface area (TPSA) is 29.5 Å². The average Bonchev–Trinajstić information content (AvgIpc) is 2.89. The molecule has 0 aliphatic heterocycles. The summed E-state index contributed by atoms with van der Waals surface area (Å²) in [5, 5.41) is 10.3. The number of hydrogen-bond acceptors (Lipinski definition) is 2. The van der Waals surface area contributed by atoms with E-state index in [1.807, 2.05) is 13.8 Å². The molecule has 0 aromatic rings. The molecule has 2 fully saturated rings. The van der Waals surface area contributed by atoms with E-state index < -0.39 is 5.60 Å². The molecule has 14 heavy (non-hydrogen) atoms. The van der Waals surface area contributed by atoms with Gasteiger partial charge in [0.2, 0.25) is 0 Å². The fourth-order valence-corrected chi connectivity index (χ4v) is 2.39. The summed E-state index contributed by atoms with van der Waals surface area (Å²) in [6.45, 7) is 4.57. The Labute approximate surface area is 86.6 Å². The normalized spacial score (nSPS) is 28.3. The van der Waals surface area contributed by atoms with Crippen LogP contribution in [-0.2, 0) is 4.74 Å². The van der Waals surface area contributed by atoms with Gasteiger partial charge in [-0.25, -0.2) is 0 Å². The van der Waals surface area contributed by atoms with Crippen molar-refractivity contribution in [2.24, 2.45) is 5.41 Å². The van der Waals surface area contributed by atoms with Crippen LogP contribution in [0.1, 0.15) is 52.4 Å². The highest BCUT2D eigenvalue weighted by atomic mass is 16.5. The summed E-state index contributed by atoms with van der Waals surface area (Å²) in [5.74, 6) is 0. The molecule has 0 radical (unpaired) electrons. The first kappa shape index (κ1) is 10.4. The van der Waals surface area contributed by atoms with Crippen molar-refractivity contribution >= 4 is 0 Å². The van der Waals surface area contributed by atoms with Gasteiger partial charge in [-0.05, 0) is 57.8 Å². The second-order valence-electron chi connectivity index (χ2n) is 5.58. The van der Waals surface area contributed by atoms with Crippen LogP contribution in [0.15, 0.2) is 0 Å². The van der Waals surface area contributed by atoms with Crippen molar-refractivity contribution in [3.05, 3.63) is 0 Å². The molecular formula is C12H22O2. The van der Waals surface area contributed by atoms with Gasteiger partial charge >= 0.3 is 0 Å². The molecule has 0 bridgehead atoms. The highest BCUT2D eigenvalue weighted by Gasteiger charge is 2.48. The maximum absolute atomic E-state index is 10.3. The molecule has 2 aliphatic carbocycles. The minimum absolute atomic E-state index is 0.232. The van der Waals surface area contributed by atoms with Crippen molar-refractivity contribution in [1.29, 1.82) is 0 Å². The lowest BCUT2D eigenvalue weighted by atomic mass is 9.77. The minimum atomic E-state index is -0.516. The van der Waals surface area contributed by atoms with E-state index in [4.69, 9.17) is 4.74 Å². The molecule has 2 heteroatoms. The Morgan fingerprint density at radius 2 is 1.57 bits per heavy atom. The number of aliphatic hydroxyl groups is 1. The lowest BCUT2D eigenvalue weighted by Crippen LogP contribution is -2.39. The molecule has 0 amide bonds. The summed E-state index contributed by atoms with van der Waals surface area (Å²) in [7, 11) is 0. The SMILES string of the molecule is CC(C)OCC1(O)CCC2(CC1)CC2. The molecule has 1 N–H and O–H groups in total. The fraction of sp³-hybridized carbons (Fsp3) is 1.00. The molecule has 0 unspecified atom stereocenters. The van der Waals surface area contributed by atoms with E-state index in [-0.39, 0.29) is 6.10 Å². The Morgan fingerprint density at radius 3 is 2.00 bits per heavy atom. The van der Waals surface area contributed by atoms with Crippen molar-refractivity contribution < 1.29 is 9.84 Å². The molecule has 0 atom stereocenters. The molecular weight excluding hydrogens is 176 g/mol. The van der Waals surface area contributed by atoms with Crippen LogP contribution in [0.4, 0.5) is 0 Å². The summed E-state index contributed by atoms with van der Waals surface area (Å²) < 4.78 is 5.52. The van der Waals surface area contributed by atoms with Crippen LogP contribution >= 0.6 is 0 Å². The van der Waals surface area contributed by atoms with E-state index in [0.29, 0.717) is 12.0 Å².